The molecule has 21 heavy (non-hydrogen) atoms. The molecular weight excluding hydrogens is 266 g/mol. The Morgan fingerprint density at radius 1 is 1.05 bits per heavy atom. The van der Waals surface area contributed by atoms with Gasteiger partial charge in [-0.05, 0) is 23.8 Å². The molecule has 0 fully saturated rings. The molecule has 0 aliphatic rings. The van der Waals surface area contributed by atoms with Crippen LogP contribution in [0.3, 0.4) is 0 Å². The van der Waals surface area contributed by atoms with Crippen LogP contribution in [0, 0.1) is 10.1 Å². The number of nitrogens with one attached hydrogen (secondary N) is 1. The van der Waals surface area contributed by atoms with Crippen molar-refractivity contribution in [1.29, 1.82) is 0 Å². The van der Waals surface area contributed by atoms with Crippen molar-refractivity contribution in [3.8, 4) is 0 Å². The molecule has 1 N–H and O–H groups in total. The second-order valence-electron chi connectivity index (χ2n) is 4.67. The highest BCUT2D eigenvalue weighted by Gasteiger charge is 2.07. The number of benzene rings is 2. The number of anilines is 1. The van der Waals surface area contributed by atoms with E-state index in [2.05, 4.69) is 10.3 Å². The van der Waals surface area contributed by atoms with Gasteiger partial charge >= 0.3 is 0 Å². The van der Waals surface area contributed by atoms with Crippen molar-refractivity contribution < 1.29 is 4.92 Å². The van der Waals surface area contributed by atoms with Crippen LogP contribution in [0.2, 0.25) is 0 Å². The van der Waals surface area contributed by atoms with Crippen LogP contribution in [-0.4, -0.2) is 9.91 Å². The molecule has 3 rings (SSSR count). The van der Waals surface area contributed by atoms with Gasteiger partial charge < -0.3 is 5.32 Å². The van der Waals surface area contributed by atoms with Gasteiger partial charge in [-0.1, -0.05) is 30.3 Å². The van der Waals surface area contributed by atoms with Gasteiger partial charge in [-0.3, -0.25) is 10.1 Å². The second kappa shape index (κ2) is 5.58. The summed E-state index contributed by atoms with van der Waals surface area (Å²) in [6, 6.07) is 18.4. The van der Waals surface area contributed by atoms with Crippen molar-refractivity contribution in [1.82, 2.24) is 4.98 Å². The second-order valence-corrected chi connectivity index (χ2v) is 4.67. The number of pyridine rings is 1. The van der Waals surface area contributed by atoms with E-state index in [0.29, 0.717) is 6.54 Å². The van der Waals surface area contributed by atoms with Gasteiger partial charge in [0.05, 0.1) is 10.4 Å². The Morgan fingerprint density at radius 2 is 1.86 bits per heavy atom. The Labute approximate surface area is 121 Å². The van der Waals surface area contributed by atoms with Gasteiger partial charge in [0, 0.05) is 24.1 Å². The third-order valence-electron chi connectivity index (χ3n) is 3.20. The monoisotopic (exact) mass is 279 g/mol. The standard InChI is InChI=1S/C16H13N3O2/c20-19(21)14-7-8-15-13(10-14)6-9-16(18-15)17-11-12-4-2-1-3-5-12/h1-10H,11H2,(H,17,18). The zero-order valence-corrected chi connectivity index (χ0v) is 11.2. The molecule has 1 heterocycles. The fraction of sp³-hybridized carbons (Fsp3) is 0.0625. The average molecular weight is 279 g/mol. The highest BCUT2D eigenvalue weighted by atomic mass is 16.6. The first-order chi connectivity index (χ1) is 10.2. The molecule has 104 valence electrons. The smallest absolute Gasteiger partial charge is 0.270 e. The van der Waals surface area contributed by atoms with Crippen molar-refractivity contribution in [3.05, 3.63) is 76.3 Å². The van der Waals surface area contributed by atoms with Gasteiger partial charge in [0.2, 0.25) is 0 Å². The van der Waals surface area contributed by atoms with Crippen molar-refractivity contribution in [2.75, 3.05) is 5.32 Å². The number of hydrogen-bond acceptors (Lipinski definition) is 4. The summed E-state index contributed by atoms with van der Waals surface area (Å²) in [7, 11) is 0. The zero-order chi connectivity index (χ0) is 14.7. The number of nitro benzene ring substituents is 1. The first-order valence-electron chi connectivity index (χ1n) is 6.55. The molecule has 0 aliphatic carbocycles. The molecule has 0 spiro atoms. The van der Waals surface area contributed by atoms with E-state index in [4.69, 9.17) is 0 Å². The predicted octanol–water partition coefficient (Wildman–Crippen LogP) is 3.76. The molecule has 2 aromatic carbocycles. The molecule has 0 bridgehead atoms. The van der Waals surface area contributed by atoms with Gasteiger partial charge in [0.25, 0.3) is 5.69 Å². The lowest BCUT2D eigenvalue weighted by Gasteiger charge is -2.06. The maximum atomic E-state index is 10.7. The molecule has 0 amide bonds. The molecule has 1 aromatic heterocycles. The Kier molecular flexibility index (Phi) is 3.47. The summed E-state index contributed by atoms with van der Waals surface area (Å²) in [6.07, 6.45) is 0. The van der Waals surface area contributed by atoms with Gasteiger partial charge in [0.1, 0.15) is 5.82 Å². The van der Waals surface area contributed by atoms with Crippen LogP contribution in [0.1, 0.15) is 5.56 Å². The van der Waals surface area contributed by atoms with Gasteiger partial charge in [-0.25, -0.2) is 4.98 Å². The minimum Gasteiger partial charge on any atom is -0.366 e. The Bertz CT molecular complexity index is 788. The number of hydrogen-bond donors (Lipinski definition) is 1. The van der Waals surface area contributed by atoms with Crippen LogP contribution in [-0.2, 0) is 6.54 Å². The maximum Gasteiger partial charge on any atom is 0.270 e. The third kappa shape index (κ3) is 2.97. The predicted molar refractivity (Wildman–Crippen MR) is 82.2 cm³/mol. The molecule has 0 saturated heterocycles. The van der Waals surface area contributed by atoms with Crippen LogP contribution in [0.25, 0.3) is 10.9 Å². The molecule has 5 heteroatoms. The molecular formula is C16H13N3O2. The van der Waals surface area contributed by atoms with Crippen molar-refractivity contribution in [2.24, 2.45) is 0 Å². The fourth-order valence-electron chi connectivity index (χ4n) is 2.11. The highest BCUT2D eigenvalue weighted by Crippen LogP contribution is 2.21. The Hall–Kier alpha value is -2.95. The van der Waals surface area contributed by atoms with E-state index in [-0.39, 0.29) is 5.69 Å². The minimum atomic E-state index is -0.402. The fourth-order valence-corrected chi connectivity index (χ4v) is 2.11. The number of rotatable bonds is 4. The number of non-ortho nitro benzene ring substituents is 1. The molecule has 0 saturated carbocycles. The van der Waals surface area contributed by atoms with E-state index in [0.717, 1.165) is 16.7 Å². The first-order valence-corrected chi connectivity index (χ1v) is 6.55. The quantitative estimate of drug-likeness (QED) is 0.583. The summed E-state index contributed by atoms with van der Waals surface area (Å²) in [5, 5.41) is 14.7. The number of nitro groups is 1. The third-order valence-corrected chi connectivity index (χ3v) is 3.20. The lowest BCUT2D eigenvalue weighted by atomic mass is 10.2. The van der Waals surface area contributed by atoms with Gasteiger partial charge in [-0.15, -0.1) is 0 Å². The maximum absolute atomic E-state index is 10.7. The Balaban J connectivity index is 1.81. The lowest BCUT2D eigenvalue weighted by Crippen LogP contribution is -2.01. The largest absolute Gasteiger partial charge is 0.366 e. The molecule has 0 radical (unpaired) electrons. The summed E-state index contributed by atoms with van der Waals surface area (Å²) in [6.45, 7) is 0.687. The van der Waals surface area contributed by atoms with E-state index in [1.54, 1.807) is 6.07 Å². The van der Waals surface area contributed by atoms with Crippen LogP contribution in [0.4, 0.5) is 11.5 Å². The summed E-state index contributed by atoms with van der Waals surface area (Å²) < 4.78 is 0. The molecule has 3 aromatic rings. The number of fused-ring (bicyclic) bond motifs is 1. The highest BCUT2D eigenvalue weighted by molar-refractivity contribution is 5.82. The summed E-state index contributed by atoms with van der Waals surface area (Å²) >= 11 is 0. The Morgan fingerprint density at radius 3 is 2.62 bits per heavy atom. The summed E-state index contributed by atoms with van der Waals surface area (Å²) in [5.41, 5.74) is 1.98. The van der Waals surface area contributed by atoms with Crippen molar-refractivity contribution >= 4 is 22.4 Å². The van der Waals surface area contributed by atoms with Crippen LogP contribution in [0.5, 0.6) is 0 Å². The molecule has 0 atom stereocenters. The lowest BCUT2D eigenvalue weighted by molar-refractivity contribution is -0.384. The molecule has 0 unspecified atom stereocenters. The van der Waals surface area contributed by atoms with Crippen LogP contribution >= 0.6 is 0 Å². The minimum absolute atomic E-state index is 0.0781. The van der Waals surface area contributed by atoms with E-state index in [1.807, 2.05) is 42.5 Å². The van der Waals surface area contributed by atoms with Crippen molar-refractivity contribution in [3.63, 3.8) is 0 Å². The first kappa shape index (κ1) is 13.1. The normalized spacial score (nSPS) is 10.5. The number of aromatic nitrogens is 1. The van der Waals surface area contributed by atoms with E-state index < -0.39 is 4.92 Å². The van der Waals surface area contributed by atoms with Gasteiger partial charge in [0.15, 0.2) is 0 Å². The molecule has 0 aliphatic heterocycles. The number of nitrogens with zero attached hydrogens (tertiary/aromatic N) is 2. The van der Waals surface area contributed by atoms with Crippen LogP contribution in [0.15, 0.2) is 60.7 Å². The topological polar surface area (TPSA) is 68.1 Å². The zero-order valence-electron chi connectivity index (χ0n) is 11.2. The average Bonchev–Trinajstić information content (AvgIpc) is 2.53. The van der Waals surface area contributed by atoms with E-state index in [1.165, 1.54) is 17.7 Å². The van der Waals surface area contributed by atoms with E-state index in [9.17, 15) is 10.1 Å². The summed E-state index contributed by atoms with van der Waals surface area (Å²) in [5.74, 6) is 0.750. The molecule has 5 nitrogen and oxygen atoms in total. The summed E-state index contributed by atoms with van der Waals surface area (Å²) in [4.78, 5) is 14.8. The SMILES string of the molecule is O=[N+]([O-])c1ccc2nc(NCc3ccccc3)ccc2c1. The van der Waals surface area contributed by atoms with E-state index >= 15 is 0 Å². The van der Waals surface area contributed by atoms with Gasteiger partial charge in [-0.2, -0.15) is 0 Å². The van der Waals surface area contributed by atoms with Crippen LogP contribution < -0.4 is 5.32 Å². The van der Waals surface area contributed by atoms with Crippen molar-refractivity contribution in [2.45, 2.75) is 6.54 Å².